The molecule has 1 N–H and O–H groups in total. The SMILES string of the molecule is CCC1NCC(=O)N(CCc2nccn2C)C1=O. The summed E-state index contributed by atoms with van der Waals surface area (Å²) in [5.74, 6) is 0.601. The van der Waals surface area contributed by atoms with Gasteiger partial charge < -0.3 is 4.57 Å². The molecule has 0 radical (unpaired) electrons. The van der Waals surface area contributed by atoms with Gasteiger partial charge in [0, 0.05) is 32.4 Å². The van der Waals surface area contributed by atoms with E-state index in [9.17, 15) is 9.59 Å². The number of amides is 2. The molecular weight excluding hydrogens is 232 g/mol. The van der Waals surface area contributed by atoms with Crippen molar-refractivity contribution in [1.82, 2.24) is 19.8 Å². The Balaban J connectivity index is 2.00. The minimum atomic E-state index is -0.232. The zero-order chi connectivity index (χ0) is 13.1. The van der Waals surface area contributed by atoms with Crippen LogP contribution >= 0.6 is 0 Å². The summed E-state index contributed by atoms with van der Waals surface area (Å²) in [6.45, 7) is 2.58. The molecule has 2 amide bonds. The molecule has 6 heteroatoms. The Kier molecular flexibility index (Phi) is 3.76. The molecule has 1 fully saturated rings. The van der Waals surface area contributed by atoms with Crippen molar-refractivity contribution in [2.45, 2.75) is 25.8 Å². The van der Waals surface area contributed by atoms with Crippen molar-refractivity contribution in [3.63, 3.8) is 0 Å². The predicted molar refractivity (Wildman–Crippen MR) is 65.7 cm³/mol. The van der Waals surface area contributed by atoms with E-state index >= 15 is 0 Å². The number of piperazine rings is 1. The standard InChI is InChI=1S/C12H18N4O2/c1-3-9-12(18)16(11(17)8-14-9)6-4-10-13-5-7-15(10)2/h5,7,9,14H,3-4,6,8H2,1-2H3. The Hall–Kier alpha value is -1.69. The highest BCUT2D eigenvalue weighted by molar-refractivity contribution is 6.01. The Bertz CT molecular complexity index is 455. The van der Waals surface area contributed by atoms with Crippen LogP contribution in [0.3, 0.4) is 0 Å². The third kappa shape index (κ3) is 2.43. The van der Waals surface area contributed by atoms with Gasteiger partial charge in [-0.3, -0.25) is 19.8 Å². The van der Waals surface area contributed by atoms with E-state index in [0.717, 1.165) is 5.82 Å². The van der Waals surface area contributed by atoms with Crippen molar-refractivity contribution in [1.29, 1.82) is 0 Å². The minimum Gasteiger partial charge on any atom is -0.338 e. The van der Waals surface area contributed by atoms with Crippen molar-refractivity contribution in [2.75, 3.05) is 13.1 Å². The summed E-state index contributed by atoms with van der Waals surface area (Å²) < 4.78 is 1.90. The van der Waals surface area contributed by atoms with Gasteiger partial charge in [0.25, 0.3) is 0 Å². The number of hydrogen-bond donors (Lipinski definition) is 1. The molecule has 6 nitrogen and oxygen atoms in total. The summed E-state index contributed by atoms with van der Waals surface area (Å²) in [5.41, 5.74) is 0. The van der Waals surface area contributed by atoms with Crippen LogP contribution in [0.1, 0.15) is 19.2 Å². The molecule has 0 saturated carbocycles. The molecule has 1 aliphatic rings. The number of nitrogens with zero attached hydrogens (tertiary/aromatic N) is 3. The molecule has 1 aromatic rings. The predicted octanol–water partition coefficient (Wildman–Crippen LogP) is -0.300. The van der Waals surface area contributed by atoms with E-state index in [2.05, 4.69) is 10.3 Å². The number of carbonyl (C=O) groups is 2. The van der Waals surface area contributed by atoms with Crippen LogP contribution in [-0.2, 0) is 23.1 Å². The largest absolute Gasteiger partial charge is 0.338 e. The summed E-state index contributed by atoms with van der Waals surface area (Å²) in [4.78, 5) is 29.3. The Labute approximate surface area is 106 Å². The number of aryl methyl sites for hydroxylation is 1. The van der Waals surface area contributed by atoms with Gasteiger partial charge in [-0.15, -0.1) is 0 Å². The van der Waals surface area contributed by atoms with Gasteiger partial charge in [0.15, 0.2) is 0 Å². The Morgan fingerprint density at radius 1 is 1.50 bits per heavy atom. The van der Waals surface area contributed by atoms with Crippen LogP contribution in [0.5, 0.6) is 0 Å². The third-order valence-corrected chi connectivity index (χ3v) is 3.25. The van der Waals surface area contributed by atoms with E-state index in [-0.39, 0.29) is 24.4 Å². The maximum Gasteiger partial charge on any atom is 0.246 e. The van der Waals surface area contributed by atoms with Gasteiger partial charge in [-0.1, -0.05) is 6.92 Å². The van der Waals surface area contributed by atoms with Gasteiger partial charge in [0.1, 0.15) is 5.82 Å². The Morgan fingerprint density at radius 2 is 2.28 bits per heavy atom. The first-order valence-electron chi connectivity index (χ1n) is 6.17. The van der Waals surface area contributed by atoms with E-state index < -0.39 is 0 Å². The lowest BCUT2D eigenvalue weighted by Crippen LogP contribution is -2.58. The fraction of sp³-hybridized carbons (Fsp3) is 0.583. The van der Waals surface area contributed by atoms with Gasteiger partial charge in [-0.05, 0) is 6.42 Å². The quantitative estimate of drug-likeness (QED) is 0.745. The van der Waals surface area contributed by atoms with Crippen molar-refractivity contribution < 1.29 is 9.59 Å². The molecule has 1 aromatic heterocycles. The minimum absolute atomic E-state index is 0.122. The number of aromatic nitrogens is 2. The second-order valence-electron chi connectivity index (χ2n) is 4.43. The van der Waals surface area contributed by atoms with Crippen molar-refractivity contribution >= 4 is 11.8 Å². The molecule has 0 bridgehead atoms. The van der Waals surface area contributed by atoms with Crippen molar-refractivity contribution in [3.8, 4) is 0 Å². The number of imidazole rings is 1. The van der Waals surface area contributed by atoms with Crippen LogP contribution in [-0.4, -0.2) is 45.4 Å². The molecule has 0 aromatic carbocycles. The molecule has 18 heavy (non-hydrogen) atoms. The fourth-order valence-corrected chi connectivity index (χ4v) is 2.11. The monoisotopic (exact) mass is 250 g/mol. The van der Waals surface area contributed by atoms with Crippen LogP contribution in [0.15, 0.2) is 12.4 Å². The molecule has 1 saturated heterocycles. The zero-order valence-electron chi connectivity index (χ0n) is 10.7. The van der Waals surface area contributed by atoms with E-state index in [1.165, 1.54) is 4.90 Å². The number of hydrogen-bond acceptors (Lipinski definition) is 4. The molecule has 0 spiro atoms. The molecule has 1 atom stereocenters. The molecule has 2 rings (SSSR count). The highest BCUT2D eigenvalue weighted by atomic mass is 16.2. The van der Waals surface area contributed by atoms with E-state index in [1.807, 2.05) is 24.7 Å². The lowest BCUT2D eigenvalue weighted by molar-refractivity contribution is -0.149. The van der Waals surface area contributed by atoms with Crippen LogP contribution in [0.25, 0.3) is 0 Å². The van der Waals surface area contributed by atoms with E-state index in [4.69, 9.17) is 0 Å². The fourth-order valence-electron chi connectivity index (χ4n) is 2.11. The summed E-state index contributed by atoms with van der Waals surface area (Å²) in [7, 11) is 1.90. The van der Waals surface area contributed by atoms with Crippen LogP contribution in [0, 0.1) is 0 Å². The van der Waals surface area contributed by atoms with Crippen molar-refractivity contribution in [3.05, 3.63) is 18.2 Å². The van der Waals surface area contributed by atoms with Gasteiger partial charge in [-0.2, -0.15) is 0 Å². The first-order valence-corrected chi connectivity index (χ1v) is 6.17. The summed E-state index contributed by atoms with van der Waals surface area (Å²) in [5, 5.41) is 2.94. The summed E-state index contributed by atoms with van der Waals surface area (Å²) in [6, 6.07) is -0.232. The normalized spacial score (nSPS) is 20.6. The van der Waals surface area contributed by atoms with Crippen LogP contribution in [0.2, 0.25) is 0 Å². The smallest absolute Gasteiger partial charge is 0.246 e. The second kappa shape index (κ2) is 5.30. The maximum atomic E-state index is 12.0. The maximum absolute atomic E-state index is 12.0. The van der Waals surface area contributed by atoms with Gasteiger partial charge in [-0.25, -0.2) is 4.98 Å². The number of rotatable bonds is 4. The second-order valence-corrected chi connectivity index (χ2v) is 4.43. The highest BCUT2D eigenvalue weighted by Crippen LogP contribution is 2.07. The molecule has 2 heterocycles. The third-order valence-electron chi connectivity index (χ3n) is 3.25. The van der Waals surface area contributed by atoms with E-state index in [1.54, 1.807) is 6.20 Å². The number of imide groups is 1. The topological polar surface area (TPSA) is 67.2 Å². The van der Waals surface area contributed by atoms with Gasteiger partial charge in [0.2, 0.25) is 11.8 Å². The van der Waals surface area contributed by atoms with E-state index in [0.29, 0.717) is 19.4 Å². The highest BCUT2D eigenvalue weighted by Gasteiger charge is 2.32. The molecule has 1 aliphatic heterocycles. The molecule has 98 valence electrons. The first kappa shape index (κ1) is 12.8. The average Bonchev–Trinajstić information content (AvgIpc) is 2.75. The van der Waals surface area contributed by atoms with Gasteiger partial charge >= 0.3 is 0 Å². The lowest BCUT2D eigenvalue weighted by atomic mass is 10.1. The number of carbonyl (C=O) groups excluding carboxylic acids is 2. The zero-order valence-corrected chi connectivity index (χ0v) is 10.7. The van der Waals surface area contributed by atoms with Crippen LogP contribution < -0.4 is 5.32 Å². The van der Waals surface area contributed by atoms with Gasteiger partial charge in [0.05, 0.1) is 12.6 Å². The molecule has 1 unspecified atom stereocenters. The first-order chi connectivity index (χ1) is 8.63. The lowest BCUT2D eigenvalue weighted by Gasteiger charge is -2.30. The van der Waals surface area contributed by atoms with Crippen LogP contribution in [0.4, 0.5) is 0 Å². The summed E-state index contributed by atoms with van der Waals surface area (Å²) >= 11 is 0. The average molecular weight is 250 g/mol. The molecule has 0 aliphatic carbocycles. The van der Waals surface area contributed by atoms with Crippen molar-refractivity contribution in [2.24, 2.45) is 7.05 Å². The number of nitrogens with one attached hydrogen (secondary N) is 1. The molecular formula is C12H18N4O2. The summed E-state index contributed by atoms with van der Waals surface area (Å²) in [6.07, 6.45) is 4.86. The Morgan fingerprint density at radius 3 is 2.89 bits per heavy atom.